The maximum absolute atomic E-state index is 13.2. The van der Waals surface area contributed by atoms with E-state index in [1.807, 2.05) is 14.1 Å². The second-order valence-electron chi connectivity index (χ2n) is 9.05. The van der Waals surface area contributed by atoms with Crippen LogP contribution in [0.4, 0.5) is 4.39 Å². The zero-order chi connectivity index (χ0) is 22.5. The van der Waals surface area contributed by atoms with Gasteiger partial charge in [0.15, 0.2) is 6.10 Å². The standard InChI is InChI=1S/C22H33BrFN3O3/c1-15(30-19-7-6-17(24)12-18(19)23)21(29)27-10-8-16(9-11-27)20(28)25-13-22(2,3)14-26(4)5/h6-7,12,15-16H,8-11,13-14H2,1-5H3,(H,25,28). The molecule has 1 N–H and O–H groups in total. The number of benzene rings is 1. The van der Waals surface area contributed by atoms with E-state index in [2.05, 4.69) is 40.0 Å². The van der Waals surface area contributed by atoms with Gasteiger partial charge in [0.1, 0.15) is 11.6 Å². The third-order valence-electron chi connectivity index (χ3n) is 5.21. The van der Waals surface area contributed by atoms with E-state index >= 15 is 0 Å². The van der Waals surface area contributed by atoms with Gasteiger partial charge in [-0.1, -0.05) is 13.8 Å². The molecule has 2 amide bonds. The number of nitrogens with zero attached hydrogens (tertiary/aromatic N) is 2. The van der Waals surface area contributed by atoms with Gasteiger partial charge in [-0.2, -0.15) is 0 Å². The Bertz CT molecular complexity index is 749. The number of likely N-dealkylation sites (tertiary alicyclic amines) is 1. The Morgan fingerprint density at radius 1 is 1.33 bits per heavy atom. The van der Waals surface area contributed by atoms with Crippen LogP contribution in [-0.4, -0.2) is 68.0 Å². The van der Waals surface area contributed by atoms with Crippen molar-refractivity contribution < 1.29 is 18.7 Å². The summed E-state index contributed by atoms with van der Waals surface area (Å²) in [4.78, 5) is 29.1. The summed E-state index contributed by atoms with van der Waals surface area (Å²) in [6, 6.07) is 4.09. The molecule has 1 saturated heterocycles. The summed E-state index contributed by atoms with van der Waals surface area (Å²) < 4.78 is 19.4. The number of ether oxygens (including phenoxy) is 1. The number of halogens is 2. The van der Waals surface area contributed by atoms with Gasteiger partial charge in [-0.25, -0.2) is 4.39 Å². The Morgan fingerprint density at radius 3 is 2.53 bits per heavy atom. The second kappa shape index (κ2) is 10.6. The van der Waals surface area contributed by atoms with Crippen LogP contribution < -0.4 is 10.1 Å². The van der Waals surface area contributed by atoms with Crippen molar-refractivity contribution in [3.8, 4) is 5.75 Å². The highest BCUT2D eigenvalue weighted by Crippen LogP contribution is 2.27. The summed E-state index contributed by atoms with van der Waals surface area (Å²) in [6.07, 6.45) is 0.584. The number of amides is 2. The minimum Gasteiger partial charge on any atom is -0.480 e. The van der Waals surface area contributed by atoms with E-state index in [4.69, 9.17) is 4.74 Å². The number of rotatable bonds is 8. The summed E-state index contributed by atoms with van der Waals surface area (Å²) in [5.41, 5.74) is -0.00275. The minimum atomic E-state index is -0.691. The topological polar surface area (TPSA) is 61.9 Å². The number of hydrogen-bond acceptors (Lipinski definition) is 4. The van der Waals surface area contributed by atoms with Crippen LogP contribution in [-0.2, 0) is 9.59 Å². The van der Waals surface area contributed by atoms with Crippen LogP contribution in [0.5, 0.6) is 5.75 Å². The van der Waals surface area contributed by atoms with Crippen molar-refractivity contribution in [2.45, 2.75) is 39.7 Å². The third kappa shape index (κ3) is 7.23. The Balaban J connectivity index is 1.81. The Morgan fingerprint density at radius 2 is 1.97 bits per heavy atom. The molecule has 1 aliphatic heterocycles. The average Bonchev–Trinajstić information content (AvgIpc) is 2.67. The molecule has 6 nitrogen and oxygen atoms in total. The molecule has 8 heteroatoms. The van der Waals surface area contributed by atoms with Gasteiger partial charge >= 0.3 is 0 Å². The quantitative estimate of drug-likeness (QED) is 0.613. The molecule has 1 fully saturated rings. The molecule has 2 rings (SSSR count). The van der Waals surface area contributed by atoms with E-state index in [0.717, 1.165) is 6.54 Å². The molecular weight excluding hydrogens is 453 g/mol. The van der Waals surface area contributed by atoms with Crippen molar-refractivity contribution in [3.63, 3.8) is 0 Å². The van der Waals surface area contributed by atoms with Gasteiger partial charge in [-0.15, -0.1) is 0 Å². The third-order valence-corrected chi connectivity index (χ3v) is 5.83. The van der Waals surface area contributed by atoms with Gasteiger partial charge in [0.2, 0.25) is 5.91 Å². The van der Waals surface area contributed by atoms with E-state index in [0.29, 0.717) is 42.7 Å². The largest absolute Gasteiger partial charge is 0.480 e. The predicted molar refractivity (Wildman–Crippen MR) is 119 cm³/mol. The first-order valence-electron chi connectivity index (χ1n) is 10.3. The van der Waals surface area contributed by atoms with Crippen molar-refractivity contribution in [2.24, 2.45) is 11.3 Å². The van der Waals surface area contributed by atoms with Crippen LogP contribution in [0, 0.1) is 17.2 Å². The van der Waals surface area contributed by atoms with Gasteiger partial charge in [0, 0.05) is 32.1 Å². The molecule has 1 unspecified atom stereocenters. The highest BCUT2D eigenvalue weighted by molar-refractivity contribution is 9.10. The summed E-state index contributed by atoms with van der Waals surface area (Å²) >= 11 is 3.25. The summed E-state index contributed by atoms with van der Waals surface area (Å²) in [7, 11) is 4.05. The lowest BCUT2D eigenvalue weighted by molar-refractivity contribution is -0.141. The van der Waals surface area contributed by atoms with Gasteiger partial charge < -0.3 is 19.9 Å². The Labute approximate surface area is 187 Å². The average molecular weight is 486 g/mol. The van der Waals surface area contributed by atoms with E-state index in [1.54, 1.807) is 11.8 Å². The van der Waals surface area contributed by atoms with Crippen molar-refractivity contribution >= 4 is 27.7 Å². The fraction of sp³-hybridized carbons (Fsp3) is 0.636. The number of nitrogens with one attached hydrogen (secondary N) is 1. The molecule has 1 aliphatic rings. The van der Waals surface area contributed by atoms with Crippen LogP contribution in [0.2, 0.25) is 0 Å². The lowest BCUT2D eigenvalue weighted by Gasteiger charge is -2.34. The van der Waals surface area contributed by atoms with Gasteiger partial charge in [0.05, 0.1) is 4.47 Å². The van der Waals surface area contributed by atoms with E-state index in [-0.39, 0.29) is 29.0 Å². The van der Waals surface area contributed by atoms with Gasteiger partial charge in [-0.3, -0.25) is 9.59 Å². The lowest BCUT2D eigenvalue weighted by Crippen LogP contribution is -2.48. The smallest absolute Gasteiger partial charge is 0.263 e. The lowest BCUT2D eigenvalue weighted by atomic mass is 9.91. The molecule has 1 atom stereocenters. The van der Waals surface area contributed by atoms with Crippen LogP contribution in [0.3, 0.4) is 0 Å². The molecule has 1 heterocycles. The van der Waals surface area contributed by atoms with Crippen molar-refractivity contribution in [3.05, 3.63) is 28.5 Å². The normalized spacial score (nSPS) is 16.5. The van der Waals surface area contributed by atoms with Crippen LogP contribution in [0.15, 0.2) is 22.7 Å². The Kier molecular flexibility index (Phi) is 8.67. The molecule has 0 radical (unpaired) electrons. The van der Waals surface area contributed by atoms with Crippen molar-refractivity contribution in [2.75, 3.05) is 40.3 Å². The highest BCUT2D eigenvalue weighted by Gasteiger charge is 2.31. The highest BCUT2D eigenvalue weighted by atomic mass is 79.9. The predicted octanol–water partition coefficient (Wildman–Crippen LogP) is 3.30. The maximum atomic E-state index is 13.2. The molecule has 0 saturated carbocycles. The number of hydrogen-bond donors (Lipinski definition) is 1. The van der Waals surface area contributed by atoms with Crippen LogP contribution >= 0.6 is 15.9 Å². The van der Waals surface area contributed by atoms with Gasteiger partial charge in [-0.05, 0) is 73.4 Å². The molecule has 168 valence electrons. The fourth-order valence-corrected chi connectivity index (χ4v) is 4.26. The SMILES string of the molecule is CC(Oc1ccc(F)cc1Br)C(=O)N1CCC(C(=O)NCC(C)(C)CN(C)C)CC1. The zero-order valence-corrected chi connectivity index (χ0v) is 20.1. The first-order valence-corrected chi connectivity index (χ1v) is 11.1. The number of piperidine rings is 1. The summed E-state index contributed by atoms with van der Waals surface area (Å²) in [6.45, 7) is 8.52. The first-order chi connectivity index (χ1) is 14.0. The minimum absolute atomic E-state index is 0.00275. The van der Waals surface area contributed by atoms with Gasteiger partial charge in [0.25, 0.3) is 5.91 Å². The van der Waals surface area contributed by atoms with E-state index in [9.17, 15) is 14.0 Å². The van der Waals surface area contributed by atoms with Crippen molar-refractivity contribution in [1.29, 1.82) is 0 Å². The fourth-order valence-electron chi connectivity index (χ4n) is 3.81. The van der Waals surface area contributed by atoms with Crippen molar-refractivity contribution in [1.82, 2.24) is 15.1 Å². The summed E-state index contributed by atoms with van der Waals surface area (Å²) in [5, 5.41) is 3.08. The van der Waals surface area contributed by atoms with E-state index < -0.39 is 6.10 Å². The molecule has 0 bridgehead atoms. The first kappa shape index (κ1) is 24.6. The maximum Gasteiger partial charge on any atom is 0.263 e. The molecule has 0 aliphatic carbocycles. The van der Waals surface area contributed by atoms with E-state index in [1.165, 1.54) is 18.2 Å². The molecule has 0 spiro atoms. The summed E-state index contributed by atoms with van der Waals surface area (Å²) in [5.74, 6) is -0.0946. The molecular formula is C22H33BrFN3O3. The molecule has 30 heavy (non-hydrogen) atoms. The molecule has 1 aromatic rings. The molecule has 1 aromatic carbocycles. The second-order valence-corrected chi connectivity index (χ2v) is 9.91. The molecule has 0 aromatic heterocycles. The monoisotopic (exact) mass is 485 g/mol. The number of carbonyl (C=O) groups is 2. The number of carbonyl (C=O) groups excluding carboxylic acids is 2. The van der Waals surface area contributed by atoms with Crippen LogP contribution in [0.1, 0.15) is 33.6 Å². The van der Waals surface area contributed by atoms with Crippen LogP contribution in [0.25, 0.3) is 0 Å². The zero-order valence-electron chi connectivity index (χ0n) is 18.5. The Hall–Kier alpha value is -1.67.